The zero-order valence-corrected chi connectivity index (χ0v) is 13.6. The van der Waals surface area contributed by atoms with Gasteiger partial charge in [0.05, 0.1) is 5.69 Å². The summed E-state index contributed by atoms with van der Waals surface area (Å²) in [6.07, 6.45) is 0. The van der Waals surface area contributed by atoms with Crippen molar-refractivity contribution in [2.45, 2.75) is 71.9 Å². The summed E-state index contributed by atoms with van der Waals surface area (Å²) in [5.74, 6) is 1.02. The average molecular weight is 261 g/mol. The summed E-state index contributed by atoms with van der Waals surface area (Å²) in [7, 11) is 0. The third-order valence-electron chi connectivity index (χ3n) is 3.56. The van der Waals surface area contributed by atoms with Crippen molar-refractivity contribution in [2.24, 2.45) is 0 Å². The first-order valence-corrected chi connectivity index (χ1v) is 7.06. The van der Waals surface area contributed by atoms with E-state index in [9.17, 15) is 0 Å². The number of rotatable bonds is 0. The van der Waals surface area contributed by atoms with E-state index >= 15 is 0 Å². The third-order valence-corrected chi connectivity index (χ3v) is 3.56. The Balaban J connectivity index is 2.65. The number of ether oxygens (including phenoxy) is 1. The lowest BCUT2D eigenvalue weighted by Crippen LogP contribution is -2.32. The normalized spacial score (nSPS) is 17.7. The van der Waals surface area contributed by atoms with E-state index in [1.807, 2.05) is 0 Å². The van der Waals surface area contributed by atoms with Crippen LogP contribution in [0.15, 0.2) is 12.1 Å². The predicted octanol–water partition coefficient (Wildman–Crippen LogP) is 4.82. The van der Waals surface area contributed by atoms with E-state index in [-0.39, 0.29) is 16.6 Å². The maximum atomic E-state index is 6.11. The summed E-state index contributed by atoms with van der Waals surface area (Å²) in [6, 6.07) is 4.54. The maximum absolute atomic E-state index is 6.11. The molecule has 0 aliphatic carbocycles. The molecule has 1 aliphatic heterocycles. The molecule has 1 aromatic rings. The van der Waals surface area contributed by atoms with Crippen LogP contribution in [0.4, 0.5) is 5.69 Å². The Bertz CT molecular complexity index is 501. The Morgan fingerprint density at radius 1 is 0.947 bits per heavy atom. The molecule has 0 atom stereocenters. The zero-order chi connectivity index (χ0) is 14.6. The van der Waals surface area contributed by atoms with Crippen molar-refractivity contribution in [3.63, 3.8) is 0 Å². The van der Waals surface area contributed by atoms with Crippen LogP contribution in [0.3, 0.4) is 0 Å². The first-order valence-electron chi connectivity index (χ1n) is 7.06. The molecule has 0 unspecified atom stereocenters. The Morgan fingerprint density at radius 3 is 2.00 bits per heavy atom. The number of nitrogens with one attached hydrogen (secondary N) is 1. The van der Waals surface area contributed by atoms with Gasteiger partial charge in [-0.05, 0) is 36.3 Å². The van der Waals surface area contributed by atoms with Gasteiger partial charge in [0.1, 0.15) is 5.75 Å². The van der Waals surface area contributed by atoms with E-state index < -0.39 is 0 Å². The lowest BCUT2D eigenvalue weighted by Gasteiger charge is -2.27. The van der Waals surface area contributed by atoms with Gasteiger partial charge in [-0.2, -0.15) is 0 Å². The van der Waals surface area contributed by atoms with Crippen LogP contribution < -0.4 is 10.1 Å². The summed E-state index contributed by atoms with van der Waals surface area (Å²) in [5, 5.41) is 3.48. The smallest absolute Gasteiger partial charge is 0.175 e. The van der Waals surface area contributed by atoms with Gasteiger partial charge in [0, 0.05) is 5.56 Å². The average Bonchev–Trinajstić information content (AvgIpc) is 2.46. The largest absolute Gasteiger partial charge is 0.466 e. The molecule has 1 heterocycles. The lowest BCUT2D eigenvalue weighted by atomic mass is 9.80. The molecule has 0 saturated heterocycles. The summed E-state index contributed by atoms with van der Waals surface area (Å²) in [4.78, 5) is 0. The molecule has 0 saturated carbocycles. The van der Waals surface area contributed by atoms with E-state index in [1.54, 1.807) is 0 Å². The zero-order valence-electron chi connectivity index (χ0n) is 13.6. The third kappa shape index (κ3) is 2.72. The molecule has 0 aromatic heterocycles. The number of hydrogen-bond donors (Lipinski definition) is 1. The minimum atomic E-state index is -0.321. The Labute approximate surface area is 117 Å². The summed E-state index contributed by atoms with van der Waals surface area (Å²) in [6.45, 7) is 17.6. The molecule has 0 radical (unpaired) electrons. The van der Waals surface area contributed by atoms with Gasteiger partial charge in [-0.1, -0.05) is 47.6 Å². The van der Waals surface area contributed by atoms with Gasteiger partial charge >= 0.3 is 0 Å². The molecule has 2 rings (SSSR count). The number of benzene rings is 1. The highest BCUT2D eigenvalue weighted by molar-refractivity contribution is 5.68. The van der Waals surface area contributed by atoms with Crippen LogP contribution in [-0.2, 0) is 10.8 Å². The van der Waals surface area contributed by atoms with Crippen LogP contribution in [0.2, 0.25) is 0 Å². The maximum Gasteiger partial charge on any atom is 0.175 e. The molecule has 19 heavy (non-hydrogen) atoms. The van der Waals surface area contributed by atoms with Gasteiger partial charge < -0.3 is 10.1 Å². The molecular weight excluding hydrogens is 234 g/mol. The molecule has 2 nitrogen and oxygen atoms in total. The van der Waals surface area contributed by atoms with Crippen LogP contribution >= 0.6 is 0 Å². The number of hydrogen-bond acceptors (Lipinski definition) is 2. The molecule has 106 valence electrons. The van der Waals surface area contributed by atoms with Crippen molar-refractivity contribution < 1.29 is 4.74 Å². The van der Waals surface area contributed by atoms with Crippen molar-refractivity contribution in [3.05, 3.63) is 23.3 Å². The topological polar surface area (TPSA) is 21.3 Å². The molecule has 1 aliphatic rings. The monoisotopic (exact) mass is 261 g/mol. The van der Waals surface area contributed by atoms with E-state index in [1.165, 1.54) is 11.1 Å². The van der Waals surface area contributed by atoms with Crippen molar-refractivity contribution in [1.29, 1.82) is 0 Å². The molecule has 0 bridgehead atoms. The SMILES string of the molecule is CC1(C)Nc2cc(C(C)(C)C)cc(C(C)(C)C)c2O1. The van der Waals surface area contributed by atoms with Crippen molar-refractivity contribution in [1.82, 2.24) is 0 Å². The van der Waals surface area contributed by atoms with Crippen LogP contribution in [0, 0.1) is 0 Å². The Kier molecular flexibility index (Phi) is 2.93. The van der Waals surface area contributed by atoms with E-state index in [2.05, 4.69) is 72.8 Å². The van der Waals surface area contributed by atoms with Gasteiger partial charge in [0.15, 0.2) is 5.72 Å². The number of anilines is 1. The van der Waals surface area contributed by atoms with E-state index in [0.29, 0.717) is 0 Å². The van der Waals surface area contributed by atoms with Crippen LogP contribution in [-0.4, -0.2) is 5.72 Å². The molecule has 0 amide bonds. The predicted molar refractivity (Wildman–Crippen MR) is 82.2 cm³/mol. The van der Waals surface area contributed by atoms with E-state index in [0.717, 1.165) is 11.4 Å². The minimum absolute atomic E-state index is 0.0768. The van der Waals surface area contributed by atoms with Gasteiger partial charge in [-0.15, -0.1) is 0 Å². The highest BCUT2D eigenvalue weighted by atomic mass is 16.5. The quantitative estimate of drug-likeness (QED) is 0.722. The molecule has 2 heteroatoms. The fourth-order valence-electron chi connectivity index (χ4n) is 2.43. The van der Waals surface area contributed by atoms with Crippen molar-refractivity contribution in [2.75, 3.05) is 5.32 Å². The molecule has 0 fully saturated rings. The standard InChI is InChI=1S/C17H27NO/c1-15(2,3)11-9-12(16(4,5)6)14-13(10-11)18-17(7,8)19-14/h9-10,18H,1-8H3. The van der Waals surface area contributed by atoms with Gasteiger partial charge in [-0.3, -0.25) is 0 Å². The van der Waals surface area contributed by atoms with Crippen LogP contribution in [0.25, 0.3) is 0 Å². The lowest BCUT2D eigenvalue weighted by molar-refractivity contribution is 0.159. The molecule has 1 aromatic carbocycles. The first kappa shape index (κ1) is 14.2. The van der Waals surface area contributed by atoms with Crippen molar-refractivity contribution in [3.8, 4) is 5.75 Å². The fraction of sp³-hybridized carbons (Fsp3) is 0.647. The van der Waals surface area contributed by atoms with Gasteiger partial charge in [0.2, 0.25) is 0 Å². The first-order chi connectivity index (χ1) is 8.40. The Morgan fingerprint density at radius 2 is 1.53 bits per heavy atom. The Hall–Kier alpha value is -1.18. The molecule has 1 N–H and O–H groups in total. The highest BCUT2D eigenvalue weighted by Crippen LogP contribution is 2.46. The second kappa shape index (κ2) is 3.91. The molecule has 0 spiro atoms. The summed E-state index contributed by atoms with van der Waals surface area (Å²) in [5.41, 5.74) is 3.66. The second-order valence-electron chi connectivity index (χ2n) is 8.14. The van der Waals surface area contributed by atoms with Gasteiger partial charge in [0.25, 0.3) is 0 Å². The second-order valence-corrected chi connectivity index (χ2v) is 8.14. The summed E-state index contributed by atoms with van der Waals surface area (Å²) < 4.78 is 6.11. The highest BCUT2D eigenvalue weighted by Gasteiger charge is 2.35. The number of fused-ring (bicyclic) bond motifs is 1. The van der Waals surface area contributed by atoms with Crippen LogP contribution in [0.1, 0.15) is 66.5 Å². The van der Waals surface area contributed by atoms with Gasteiger partial charge in [-0.25, -0.2) is 0 Å². The summed E-state index contributed by atoms with van der Waals surface area (Å²) >= 11 is 0. The fourth-order valence-corrected chi connectivity index (χ4v) is 2.43. The van der Waals surface area contributed by atoms with E-state index in [4.69, 9.17) is 4.74 Å². The molecular formula is C17H27NO. The van der Waals surface area contributed by atoms with Crippen molar-refractivity contribution >= 4 is 5.69 Å². The minimum Gasteiger partial charge on any atom is -0.466 e. The van der Waals surface area contributed by atoms with Crippen LogP contribution in [0.5, 0.6) is 5.75 Å².